The normalized spacial score (nSPS) is 9.69. The summed E-state index contributed by atoms with van der Waals surface area (Å²) < 4.78 is 4.83. The van der Waals surface area contributed by atoms with Gasteiger partial charge in [-0.1, -0.05) is 11.6 Å². The predicted octanol–water partition coefficient (Wildman–Crippen LogP) is 1.84. The molecule has 0 aliphatic rings. The summed E-state index contributed by atoms with van der Waals surface area (Å²) in [5.41, 5.74) is 5.42. The van der Waals surface area contributed by atoms with Gasteiger partial charge in [0.05, 0.1) is 17.7 Å². The highest BCUT2D eigenvalue weighted by atomic mass is 35.5. The molecule has 0 spiro atoms. The number of rotatable bonds is 2. The molecule has 1 aromatic carbocycles. The van der Waals surface area contributed by atoms with E-state index < -0.39 is 4.92 Å². The van der Waals surface area contributed by atoms with E-state index in [1.54, 1.807) is 0 Å². The highest BCUT2D eigenvalue weighted by Gasteiger charge is 2.15. The van der Waals surface area contributed by atoms with E-state index >= 15 is 0 Å². The molecular weight excluding hydrogens is 196 g/mol. The van der Waals surface area contributed by atoms with Crippen LogP contribution in [0.1, 0.15) is 0 Å². The van der Waals surface area contributed by atoms with Crippen molar-refractivity contribution in [3.05, 3.63) is 27.3 Å². The largest absolute Gasteiger partial charge is 0.495 e. The third-order valence-electron chi connectivity index (χ3n) is 1.50. The number of nitrogen functional groups attached to an aromatic ring is 1. The highest BCUT2D eigenvalue weighted by Crippen LogP contribution is 2.33. The number of hydrogen-bond donors (Lipinski definition) is 1. The van der Waals surface area contributed by atoms with E-state index in [1.165, 1.54) is 19.2 Å². The van der Waals surface area contributed by atoms with Gasteiger partial charge in [-0.3, -0.25) is 10.1 Å². The van der Waals surface area contributed by atoms with Gasteiger partial charge in [0, 0.05) is 12.1 Å². The van der Waals surface area contributed by atoms with Gasteiger partial charge < -0.3 is 10.5 Å². The number of nitro groups is 1. The van der Waals surface area contributed by atoms with Crippen molar-refractivity contribution < 1.29 is 9.66 Å². The number of nitrogens with two attached hydrogens (primary N) is 1. The van der Waals surface area contributed by atoms with Gasteiger partial charge in [-0.25, -0.2) is 0 Å². The zero-order valence-electron chi connectivity index (χ0n) is 6.78. The van der Waals surface area contributed by atoms with Crippen LogP contribution in [0.4, 0.5) is 11.4 Å². The summed E-state index contributed by atoms with van der Waals surface area (Å²) in [5.74, 6) is 0.329. The van der Waals surface area contributed by atoms with Crippen molar-refractivity contribution in [2.45, 2.75) is 0 Å². The first-order chi connectivity index (χ1) is 6.06. The standard InChI is InChI=1S/C7H7ClN2O3/c1-13-7-2-4(8)6(10(11)12)3-5(7)9/h2-3H,9H2,1H3. The summed E-state index contributed by atoms with van der Waals surface area (Å²) in [5, 5.41) is 10.4. The zero-order valence-corrected chi connectivity index (χ0v) is 7.54. The van der Waals surface area contributed by atoms with E-state index in [-0.39, 0.29) is 16.4 Å². The fraction of sp³-hybridized carbons (Fsp3) is 0.143. The lowest BCUT2D eigenvalue weighted by atomic mass is 10.2. The fourth-order valence-electron chi connectivity index (χ4n) is 0.876. The molecule has 0 heterocycles. The van der Waals surface area contributed by atoms with Crippen LogP contribution < -0.4 is 10.5 Å². The molecule has 1 aromatic rings. The molecule has 5 nitrogen and oxygen atoms in total. The van der Waals surface area contributed by atoms with Crippen molar-refractivity contribution in [2.24, 2.45) is 0 Å². The molecule has 13 heavy (non-hydrogen) atoms. The molecular formula is C7H7ClN2O3. The maximum Gasteiger partial charge on any atom is 0.290 e. The van der Waals surface area contributed by atoms with Crippen molar-refractivity contribution in [2.75, 3.05) is 12.8 Å². The topological polar surface area (TPSA) is 78.4 Å². The van der Waals surface area contributed by atoms with Crippen molar-refractivity contribution in [1.82, 2.24) is 0 Å². The van der Waals surface area contributed by atoms with Gasteiger partial charge in [0.25, 0.3) is 5.69 Å². The van der Waals surface area contributed by atoms with Crippen LogP contribution in [-0.4, -0.2) is 12.0 Å². The van der Waals surface area contributed by atoms with Crippen LogP contribution in [0.5, 0.6) is 5.75 Å². The summed E-state index contributed by atoms with van der Waals surface area (Å²) in [7, 11) is 1.41. The number of hydrogen-bond acceptors (Lipinski definition) is 4. The Kier molecular flexibility index (Phi) is 2.57. The third kappa shape index (κ3) is 1.81. The molecule has 1 rings (SSSR count). The SMILES string of the molecule is COc1cc(Cl)c([N+](=O)[O-])cc1N. The van der Waals surface area contributed by atoms with Crippen molar-refractivity contribution in [3.8, 4) is 5.75 Å². The Morgan fingerprint density at radius 3 is 2.69 bits per heavy atom. The predicted molar refractivity (Wildman–Crippen MR) is 49.1 cm³/mol. The number of methoxy groups -OCH3 is 1. The van der Waals surface area contributed by atoms with Gasteiger partial charge in [-0.05, 0) is 0 Å². The molecule has 70 valence electrons. The average Bonchev–Trinajstić information content (AvgIpc) is 2.07. The molecule has 0 atom stereocenters. The smallest absolute Gasteiger partial charge is 0.290 e. The summed E-state index contributed by atoms with van der Waals surface area (Å²) in [4.78, 5) is 9.80. The van der Waals surface area contributed by atoms with Crippen LogP contribution in [0.3, 0.4) is 0 Å². The summed E-state index contributed by atoms with van der Waals surface area (Å²) in [6.07, 6.45) is 0. The maximum atomic E-state index is 10.4. The van der Waals surface area contributed by atoms with Crippen LogP contribution in [0.25, 0.3) is 0 Å². The minimum atomic E-state index is -0.599. The molecule has 2 N–H and O–H groups in total. The molecule has 0 unspecified atom stereocenters. The Morgan fingerprint density at radius 2 is 2.23 bits per heavy atom. The van der Waals surface area contributed by atoms with E-state index in [2.05, 4.69) is 0 Å². The van der Waals surface area contributed by atoms with E-state index in [0.717, 1.165) is 0 Å². The monoisotopic (exact) mass is 202 g/mol. The van der Waals surface area contributed by atoms with Gasteiger partial charge in [-0.2, -0.15) is 0 Å². The Bertz CT molecular complexity index is 354. The van der Waals surface area contributed by atoms with Crippen LogP contribution >= 0.6 is 11.6 Å². The summed E-state index contributed by atoms with van der Waals surface area (Å²) >= 11 is 5.60. The minimum absolute atomic E-state index is 0.0102. The first kappa shape index (κ1) is 9.60. The second kappa shape index (κ2) is 3.49. The number of anilines is 1. The summed E-state index contributed by atoms with van der Waals surface area (Å²) in [6.45, 7) is 0. The molecule has 0 saturated carbocycles. The molecule has 0 saturated heterocycles. The first-order valence-corrected chi connectivity index (χ1v) is 3.71. The Balaban J connectivity index is 3.28. The molecule has 0 aromatic heterocycles. The van der Waals surface area contributed by atoms with E-state index in [0.29, 0.717) is 5.75 Å². The lowest BCUT2D eigenvalue weighted by molar-refractivity contribution is -0.384. The molecule has 0 fully saturated rings. The Hall–Kier alpha value is -1.49. The highest BCUT2D eigenvalue weighted by molar-refractivity contribution is 6.33. The van der Waals surface area contributed by atoms with Gasteiger partial charge in [0.2, 0.25) is 0 Å². The molecule has 0 aliphatic heterocycles. The number of nitrogens with zero attached hydrogens (tertiary/aromatic N) is 1. The number of ether oxygens (including phenoxy) is 1. The van der Waals surface area contributed by atoms with Gasteiger partial charge in [-0.15, -0.1) is 0 Å². The van der Waals surface area contributed by atoms with E-state index in [9.17, 15) is 10.1 Å². The Morgan fingerprint density at radius 1 is 1.62 bits per heavy atom. The first-order valence-electron chi connectivity index (χ1n) is 3.33. The molecule has 0 bridgehead atoms. The van der Waals surface area contributed by atoms with Gasteiger partial charge in [0.1, 0.15) is 10.8 Å². The minimum Gasteiger partial charge on any atom is -0.495 e. The lowest BCUT2D eigenvalue weighted by Crippen LogP contribution is -1.96. The average molecular weight is 203 g/mol. The third-order valence-corrected chi connectivity index (χ3v) is 1.80. The second-order valence-electron chi connectivity index (χ2n) is 2.30. The summed E-state index contributed by atoms with van der Waals surface area (Å²) in [6, 6.07) is 2.48. The fourth-order valence-corrected chi connectivity index (χ4v) is 1.10. The Labute approximate surface area is 79.2 Å². The zero-order chi connectivity index (χ0) is 10.0. The van der Waals surface area contributed by atoms with E-state index in [4.69, 9.17) is 22.1 Å². The van der Waals surface area contributed by atoms with Crippen LogP contribution in [0.15, 0.2) is 12.1 Å². The molecule has 0 aliphatic carbocycles. The lowest BCUT2D eigenvalue weighted by Gasteiger charge is -2.04. The quantitative estimate of drug-likeness (QED) is 0.451. The second-order valence-corrected chi connectivity index (χ2v) is 2.71. The van der Waals surface area contributed by atoms with Gasteiger partial charge >= 0.3 is 0 Å². The van der Waals surface area contributed by atoms with Crippen molar-refractivity contribution in [3.63, 3.8) is 0 Å². The molecule has 6 heteroatoms. The van der Waals surface area contributed by atoms with Crippen LogP contribution in [-0.2, 0) is 0 Å². The van der Waals surface area contributed by atoms with Crippen LogP contribution in [0, 0.1) is 10.1 Å². The van der Waals surface area contributed by atoms with E-state index in [1.807, 2.05) is 0 Å². The van der Waals surface area contributed by atoms with Crippen molar-refractivity contribution >= 4 is 23.0 Å². The van der Waals surface area contributed by atoms with Gasteiger partial charge in [0.15, 0.2) is 0 Å². The number of benzene rings is 1. The number of nitro benzene ring substituents is 1. The van der Waals surface area contributed by atoms with Crippen LogP contribution in [0.2, 0.25) is 5.02 Å². The number of halogens is 1. The maximum absolute atomic E-state index is 10.4. The molecule has 0 radical (unpaired) electrons. The van der Waals surface area contributed by atoms with Crippen molar-refractivity contribution in [1.29, 1.82) is 0 Å². The molecule has 0 amide bonds.